The van der Waals surface area contributed by atoms with Gasteiger partial charge < -0.3 is 31.1 Å². The number of benzene rings is 3. The molecule has 5 atom stereocenters. The molecular weight excluding hydrogens is 580 g/mol. The van der Waals surface area contributed by atoms with Gasteiger partial charge in [-0.05, 0) is 28.3 Å². The predicted octanol–water partition coefficient (Wildman–Crippen LogP) is 3.01. The third-order valence-corrected chi connectivity index (χ3v) is 11.1. The van der Waals surface area contributed by atoms with Crippen molar-refractivity contribution in [2.24, 2.45) is 0 Å². The number of rotatable bonds is 4. The highest BCUT2D eigenvalue weighted by Crippen LogP contribution is 2.61. The van der Waals surface area contributed by atoms with E-state index in [1.54, 1.807) is 22.9 Å². The lowest BCUT2D eigenvalue weighted by atomic mass is 9.68. The fourth-order valence-electron chi connectivity index (χ4n) is 8.51. The number of fused-ring (bicyclic) bond motifs is 7. The topological polar surface area (TPSA) is 123 Å². The molecule has 0 radical (unpaired) electrons. The van der Waals surface area contributed by atoms with Crippen LogP contribution in [-0.2, 0) is 34.9 Å². The average Bonchev–Trinajstić information content (AvgIpc) is 3.74. The quantitative estimate of drug-likeness (QED) is 0.337. The predicted molar refractivity (Wildman–Crippen MR) is 165 cm³/mol. The molecule has 5 aliphatic heterocycles. The number of carbonyl (C=O) groups is 4. The molecule has 3 aromatic rings. The summed E-state index contributed by atoms with van der Waals surface area (Å²) in [5, 5.41) is 12.9. The van der Waals surface area contributed by atoms with Crippen LogP contribution in [0, 0.1) is 0 Å². The second-order valence-electron chi connectivity index (χ2n) is 12.5. The van der Waals surface area contributed by atoms with Crippen LogP contribution in [0.5, 0.6) is 0 Å². The van der Waals surface area contributed by atoms with E-state index in [9.17, 15) is 19.2 Å². The van der Waals surface area contributed by atoms with Crippen molar-refractivity contribution in [2.45, 2.75) is 47.3 Å². The molecule has 10 nitrogen and oxygen atoms in total. The van der Waals surface area contributed by atoms with E-state index in [0.717, 1.165) is 33.6 Å². The van der Waals surface area contributed by atoms with E-state index in [4.69, 9.17) is 11.6 Å². The third kappa shape index (κ3) is 3.06. The zero-order chi connectivity index (χ0) is 30.8. The van der Waals surface area contributed by atoms with Crippen LogP contribution in [0.2, 0.25) is 0 Å². The van der Waals surface area contributed by atoms with Gasteiger partial charge in [0.05, 0.1) is 22.9 Å². The molecule has 224 valence electrons. The molecule has 3 aromatic carbocycles. The molecule has 4 N–H and O–H groups in total. The van der Waals surface area contributed by atoms with E-state index in [0.29, 0.717) is 17.7 Å². The standard InChI is InChI=1S/C33H31ClN6O4/c1-35-23(41)14-33(34)21-12-7-11-20(27(21)38-30(33)44)32-16-25(43)40(3)29(32)37-26-18(9-6-10-19(26)32)31-15-24(42)39(2)28(31)36-22-13-5-4-8-17(22)31/h4-13,28-29,36-37H,14-16H2,1-3H3,(H,35,41)(H,38,44)/t28-,29-,31-,32-,33?/m1/s1. The minimum atomic E-state index is -1.58. The molecule has 44 heavy (non-hydrogen) atoms. The molecule has 5 heterocycles. The van der Waals surface area contributed by atoms with E-state index in [2.05, 4.69) is 33.4 Å². The summed E-state index contributed by atoms with van der Waals surface area (Å²) in [6.45, 7) is 0. The summed E-state index contributed by atoms with van der Waals surface area (Å²) in [7, 11) is 5.12. The summed E-state index contributed by atoms with van der Waals surface area (Å²) in [6, 6.07) is 19.8. The summed E-state index contributed by atoms with van der Waals surface area (Å²) in [5.74, 6) is -0.817. The molecule has 0 aliphatic carbocycles. The minimum absolute atomic E-state index is 0.0392. The largest absolute Gasteiger partial charge is 0.364 e. The van der Waals surface area contributed by atoms with Gasteiger partial charge in [-0.1, -0.05) is 54.6 Å². The van der Waals surface area contributed by atoms with Gasteiger partial charge in [-0.25, -0.2) is 0 Å². The Kier molecular flexibility index (Phi) is 5.37. The number of anilines is 3. The number of likely N-dealkylation sites (N-methyl/N-ethyl adjacent to an activating group) is 2. The SMILES string of the molecule is CNC(=O)CC1(Cl)C(=O)Nc2c1cccc2[C@]12CC(=O)N(C)[C@H]1Nc1c2cccc1[C@]12CC(=O)N(C)[C@H]1Nc1ccccc12. The first-order chi connectivity index (χ1) is 21.1. The number of amides is 4. The maximum absolute atomic E-state index is 13.5. The van der Waals surface area contributed by atoms with Crippen LogP contribution in [-0.4, -0.2) is 66.9 Å². The van der Waals surface area contributed by atoms with E-state index in [1.807, 2.05) is 49.5 Å². The Morgan fingerprint density at radius 1 is 0.795 bits per heavy atom. The molecule has 0 saturated carbocycles. The van der Waals surface area contributed by atoms with Crippen molar-refractivity contribution in [3.63, 3.8) is 0 Å². The smallest absolute Gasteiger partial charge is 0.250 e. The second-order valence-corrected chi connectivity index (χ2v) is 13.2. The lowest BCUT2D eigenvalue weighted by Gasteiger charge is -2.33. The van der Waals surface area contributed by atoms with Gasteiger partial charge >= 0.3 is 0 Å². The Morgan fingerprint density at radius 2 is 1.32 bits per heavy atom. The van der Waals surface area contributed by atoms with Gasteiger partial charge in [0.1, 0.15) is 12.3 Å². The Labute approximate surface area is 259 Å². The zero-order valence-electron chi connectivity index (χ0n) is 24.5. The van der Waals surface area contributed by atoms with Crippen LogP contribution in [0.1, 0.15) is 47.1 Å². The van der Waals surface area contributed by atoms with Crippen LogP contribution in [0.3, 0.4) is 0 Å². The number of hydrogen-bond donors (Lipinski definition) is 4. The minimum Gasteiger partial charge on any atom is -0.364 e. The van der Waals surface area contributed by atoms with Crippen molar-refractivity contribution in [3.05, 3.63) is 88.5 Å². The van der Waals surface area contributed by atoms with Crippen molar-refractivity contribution in [1.82, 2.24) is 15.1 Å². The number of hydrogen-bond acceptors (Lipinski definition) is 6. The van der Waals surface area contributed by atoms with Gasteiger partial charge in [0.25, 0.3) is 5.91 Å². The Morgan fingerprint density at radius 3 is 1.95 bits per heavy atom. The molecule has 2 fully saturated rings. The molecule has 5 aliphatic rings. The van der Waals surface area contributed by atoms with E-state index in [-0.39, 0.29) is 36.7 Å². The molecule has 4 amide bonds. The fraction of sp³-hybridized carbons (Fsp3) is 0.333. The first-order valence-corrected chi connectivity index (χ1v) is 15.1. The first kappa shape index (κ1) is 27.0. The summed E-state index contributed by atoms with van der Waals surface area (Å²) in [6.07, 6.45) is -0.502. The fourth-order valence-corrected chi connectivity index (χ4v) is 8.84. The number of likely N-dealkylation sites (tertiary alicyclic amines) is 2. The first-order valence-electron chi connectivity index (χ1n) is 14.7. The molecule has 0 aromatic heterocycles. The lowest BCUT2D eigenvalue weighted by molar-refractivity contribution is -0.128. The van der Waals surface area contributed by atoms with Crippen LogP contribution in [0.15, 0.2) is 60.7 Å². The number of nitrogens with zero attached hydrogens (tertiary/aromatic N) is 2. The van der Waals surface area contributed by atoms with Crippen molar-refractivity contribution in [3.8, 4) is 0 Å². The molecule has 11 heteroatoms. The van der Waals surface area contributed by atoms with Gasteiger partial charge in [0.15, 0.2) is 4.87 Å². The van der Waals surface area contributed by atoms with Crippen molar-refractivity contribution >= 4 is 52.3 Å². The van der Waals surface area contributed by atoms with Crippen LogP contribution >= 0.6 is 11.6 Å². The molecule has 8 rings (SSSR count). The van der Waals surface area contributed by atoms with Crippen LogP contribution in [0.4, 0.5) is 17.1 Å². The number of carbonyl (C=O) groups excluding carboxylic acids is 4. The van der Waals surface area contributed by atoms with Gasteiger partial charge in [0, 0.05) is 50.9 Å². The number of alkyl halides is 1. The third-order valence-electron chi connectivity index (χ3n) is 10.6. The van der Waals surface area contributed by atoms with Gasteiger partial charge in [-0.15, -0.1) is 11.6 Å². The van der Waals surface area contributed by atoms with Gasteiger partial charge in [-0.2, -0.15) is 0 Å². The molecule has 2 saturated heterocycles. The highest BCUT2D eigenvalue weighted by atomic mass is 35.5. The van der Waals surface area contributed by atoms with Crippen molar-refractivity contribution in [2.75, 3.05) is 37.1 Å². The van der Waals surface area contributed by atoms with Gasteiger partial charge in [0.2, 0.25) is 17.7 Å². The Hall–Kier alpha value is -4.57. The van der Waals surface area contributed by atoms with Crippen LogP contribution in [0.25, 0.3) is 0 Å². The van der Waals surface area contributed by atoms with E-state index < -0.39 is 27.8 Å². The highest BCUT2D eigenvalue weighted by Gasteiger charge is 2.63. The normalized spacial score (nSPS) is 30.7. The molecular formula is C33H31ClN6O4. The van der Waals surface area contributed by atoms with Crippen LogP contribution < -0.4 is 21.3 Å². The summed E-state index contributed by atoms with van der Waals surface area (Å²) >= 11 is 6.94. The number of nitrogens with one attached hydrogen (secondary N) is 4. The number of para-hydroxylation sites is 3. The van der Waals surface area contributed by atoms with Crippen molar-refractivity contribution < 1.29 is 19.2 Å². The van der Waals surface area contributed by atoms with E-state index >= 15 is 0 Å². The molecule has 0 spiro atoms. The Bertz CT molecular complexity index is 1850. The molecule has 0 bridgehead atoms. The molecule has 1 unspecified atom stereocenters. The second kappa shape index (κ2) is 8.75. The van der Waals surface area contributed by atoms with Gasteiger partial charge in [-0.3, -0.25) is 19.2 Å². The zero-order valence-corrected chi connectivity index (χ0v) is 25.2. The maximum Gasteiger partial charge on any atom is 0.250 e. The van der Waals surface area contributed by atoms with Crippen molar-refractivity contribution in [1.29, 1.82) is 0 Å². The summed E-state index contributed by atoms with van der Waals surface area (Å²) < 4.78 is 0. The van der Waals surface area contributed by atoms with E-state index in [1.165, 1.54) is 7.05 Å². The lowest BCUT2D eigenvalue weighted by Crippen LogP contribution is -2.44. The average molecular weight is 611 g/mol. The monoisotopic (exact) mass is 610 g/mol. The summed E-state index contributed by atoms with van der Waals surface area (Å²) in [4.78, 5) is 54.5. The highest BCUT2D eigenvalue weighted by molar-refractivity contribution is 6.40. The number of halogens is 1. The maximum atomic E-state index is 13.5. The summed E-state index contributed by atoms with van der Waals surface area (Å²) in [5.41, 5.74) is 5.10. The Balaban J connectivity index is 1.36.